The van der Waals surface area contributed by atoms with Gasteiger partial charge in [0.2, 0.25) is 0 Å². The van der Waals surface area contributed by atoms with Crippen LogP contribution in [-0.4, -0.2) is 46.7 Å². The quantitative estimate of drug-likeness (QED) is 0.254. The molecular weight excluding hydrogens is 420 g/mol. The van der Waals surface area contributed by atoms with Crippen LogP contribution < -0.4 is 10.6 Å². The molecule has 0 radical (unpaired) electrons. The second-order valence-corrected chi connectivity index (χ2v) is 11.4. The molecule has 0 aromatic heterocycles. The maximum Gasteiger partial charge on any atom is 0.156 e. The number of piperidine rings is 2. The summed E-state index contributed by atoms with van der Waals surface area (Å²) in [5.41, 5.74) is 0. The zero-order chi connectivity index (χ0) is 24.3. The van der Waals surface area contributed by atoms with Crippen LogP contribution in [0.5, 0.6) is 0 Å². The van der Waals surface area contributed by atoms with Crippen molar-refractivity contribution in [3.63, 3.8) is 0 Å². The van der Waals surface area contributed by atoms with E-state index in [9.17, 15) is 0 Å². The molecule has 202 valence electrons. The molecule has 2 heterocycles. The lowest BCUT2D eigenvalue weighted by atomic mass is 9.76. The molecule has 2 aliphatic carbocycles. The largest absolute Gasteiger partial charge is 0.356 e. The van der Waals surface area contributed by atoms with Crippen LogP contribution in [0.2, 0.25) is 0 Å². The molecule has 4 aliphatic rings. The summed E-state index contributed by atoms with van der Waals surface area (Å²) in [6.45, 7) is 7.43. The van der Waals surface area contributed by atoms with E-state index in [1.54, 1.807) is 14.2 Å². The van der Waals surface area contributed by atoms with Crippen molar-refractivity contribution in [2.75, 3.05) is 40.4 Å². The van der Waals surface area contributed by atoms with E-state index in [1.807, 2.05) is 0 Å². The topological polar surface area (TPSA) is 42.5 Å². The summed E-state index contributed by atoms with van der Waals surface area (Å²) in [6, 6.07) is 0. The lowest BCUT2D eigenvalue weighted by Gasteiger charge is -2.35. The predicted molar refractivity (Wildman–Crippen MR) is 146 cm³/mol. The summed E-state index contributed by atoms with van der Waals surface area (Å²) in [5, 5.41) is 6.97. The minimum absolute atomic E-state index is 0.00522. The van der Waals surface area contributed by atoms with Gasteiger partial charge in [-0.15, -0.1) is 0 Å². The summed E-state index contributed by atoms with van der Waals surface area (Å²) in [5.74, 6) is 4.27. The number of ether oxygens (including phenoxy) is 2. The van der Waals surface area contributed by atoms with Gasteiger partial charge in [0.1, 0.15) is 0 Å². The molecule has 4 rings (SSSR count). The average Bonchev–Trinajstić information content (AvgIpc) is 2.91. The smallest absolute Gasteiger partial charge is 0.156 e. The van der Waals surface area contributed by atoms with Crippen molar-refractivity contribution in [1.82, 2.24) is 10.6 Å². The first-order valence-electron chi connectivity index (χ1n) is 15.3. The van der Waals surface area contributed by atoms with Gasteiger partial charge in [0.05, 0.1) is 0 Å². The first-order valence-corrected chi connectivity index (χ1v) is 15.3. The summed E-state index contributed by atoms with van der Waals surface area (Å²) in [6.07, 6.45) is 25.3. The summed E-state index contributed by atoms with van der Waals surface area (Å²) < 4.78 is 10.2. The Bertz CT molecular complexity index is 377. The molecule has 0 aromatic rings. The maximum atomic E-state index is 5.12. The molecule has 4 fully saturated rings. The molecule has 0 aromatic carbocycles. The van der Waals surface area contributed by atoms with Gasteiger partial charge in [-0.05, 0) is 88.4 Å². The average molecular weight is 481 g/mol. The second kappa shape index (κ2) is 20.0. The molecule has 4 nitrogen and oxygen atoms in total. The molecule has 34 heavy (non-hydrogen) atoms. The summed E-state index contributed by atoms with van der Waals surface area (Å²) >= 11 is 0. The Hall–Kier alpha value is -0.160. The van der Waals surface area contributed by atoms with Crippen molar-refractivity contribution < 1.29 is 9.47 Å². The molecule has 2 saturated heterocycles. The second-order valence-electron chi connectivity index (χ2n) is 11.4. The normalized spacial score (nSPS) is 28.6. The number of unbranched alkanes of at least 4 members (excludes halogenated alkanes) is 6. The Balaban J connectivity index is 0.000000183. The number of hydrogen-bond acceptors (Lipinski definition) is 4. The number of nitrogens with one attached hydrogen (secondary N) is 2. The van der Waals surface area contributed by atoms with Crippen molar-refractivity contribution in [2.45, 2.75) is 129 Å². The molecule has 0 bridgehead atoms. The van der Waals surface area contributed by atoms with E-state index in [-0.39, 0.29) is 6.29 Å². The van der Waals surface area contributed by atoms with Crippen molar-refractivity contribution in [2.24, 2.45) is 23.7 Å². The molecule has 4 atom stereocenters. The highest BCUT2D eigenvalue weighted by Gasteiger charge is 2.27. The zero-order valence-electron chi connectivity index (χ0n) is 23.3. The van der Waals surface area contributed by atoms with Gasteiger partial charge in [0, 0.05) is 14.2 Å². The summed E-state index contributed by atoms with van der Waals surface area (Å²) in [4.78, 5) is 0. The first-order chi connectivity index (χ1) is 16.8. The van der Waals surface area contributed by atoms with Gasteiger partial charge in [-0.25, -0.2) is 0 Å². The molecule has 4 heteroatoms. The van der Waals surface area contributed by atoms with Crippen LogP contribution in [0.4, 0.5) is 0 Å². The van der Waals surface area contributed by atoms with Crippen molar-refractivity contribution >= 4 is 0 Å². The Labute approximate surface area is 213 Å². The van der Waals surface area contributed by atoms with Crippen molar-refractivity contribution in [3.8, 4) is 0 Å². The van der Waals surface area contributed by atoms with Crippen LogP contribution in [-0.2, 0) is 9.47 Å². The van der Waals surface area contributed by atoms with Gasteiger partial charge in [-0.3, -0.25) is 0 Å². The zero-order valence-corrected chi connectivity index (χ0v) is 23.3. The van der Waals surface area contributed by atoms with Crippen LogP contribution >= 0.6 is 0 Å². The highest BCUT2D eigenvalue weighted by Crippen LogP contribution is 2.34. The minimum Gasteiger partial charge on any atom is -0.356 e. The molecule has 2 N–H and O–H groups in total. The molecule has 2 aliphatic heterocycles. The van der Waals surface area contributed by atoms with Crippen LogP contribution in [0.15, 0.2) is 0 Å². The van der Waals surface area contributed by atoms with E-state index >= 15 is 0 Å². The lowest BCUT2D eigenvalue weighted by Crippen LogP contribution is -2.38. The van der Waals surface area contributed by atoms with Crippen LogP contribution in [0.1, 0.15) is 122 Å². The van der Waals surface area contributed by atoms with E-state index in [0.29, 0.717) is 0 Å². The molecular formula is C30H60N2O2. The Morgan fingerprint density at radius 1 is 0.588 bits per heavy atom. The Morgan fingerprint density at radius 2 is 1.03 bits per heavy atom. The minimum atomic E-state index is 0.00522. The van der Waals surface area contributed by atoms with Crippen molar-refractivity contribution in [3.05, 3.63) is 0 Å². The third-order valence-electron chi connectivity index (χ3n) is 8.90. The molecule has 4 unspecified atom stereocenters. The number of fused-ring (bicyclic) bond motifs is 2. The monoisotopic (exact) mass is 480 g/mol. The van der Waals surface area contributed by atoms with Crippen LogP contribution in [0, 0.1) is 23.7 Å². The lowest BCUT2D eigenvalue weighted by molar-refractivity contribution is -0.107. The molecule has 0 amide bonds. The number of hydrogen-bond donors (Lipinski definition) is 2. The van der Waals surface area contributed by atoms with E-state index in [1.165, 1.54) is 135 Å². The Kier molecular flexibility index (Phi) is 17.7. The van der Waals surface area contributed by atoms with E-state index in [0.717, 1.165) is 30.1 Å². The highest BCUT2D eigenvalue weighted by molar-refractivity contribution is 4.82. The van der Waals surface area contributed by atoms with Crippen LogP contribution in [0.3, 0.4) is 0 Å². The third kappa shape index (κ3) is 12.7. The Morgan fingerprint density at radius 3 is 1.47 bits per heavy atom. The van der Waals surface area contributed by atoms with Gasteiger partial charge >= 0.3 is 0 Å². The SMILES string of the molecule is C1CCC2CNCCC2C1.C1CCC2CNCCC2C1.CCCCCCCCCC(OC)OC. The third-order valence-corrected chi connectivity index (χ3v) is 8.90. The maximum absolute atomic E-state index is 5.12. The standard InChI is InChI=1S/C12H26O2.2C9H17N/c1-4-5-6-7-8-9-10-11-12(13-2)14-3;2*1-2-4-9-7-10-6-5-8(9)3-1/h12H,4-11H2,1-3H3;2*8-10H,1-7H2. The molecule has 2 saturated carbocycles. The highest BCUT2D eigenvalue weighted by atomic mass is 16.7. The number of methoxy groups -OCH3 is 2. The fraction of sp³-hybridized carbons (Fsp3) is 1.00. The number of rotatable bonds is 10. The molecule has 0 spiro atoms. The van der Waals surface area contributed by atoms with Gasteiger partial charge in [0.15, 0.2) is 6.29 Å². The first kappa shape index (κ1) is 30.1. The van der Waals surface area contributed by atoms with Crippen molar-refractivity contribution in [1.29, 1.82) is 0 Å². The fourth-order valence-corrected chi connectivity index (χ4v) is 6.62. The van der Waals surface area contributed by atoms with Gasteiger partial charge in [-0.2, -0.15) is 0 Å². The van der Waals surface area contributed by atoms with E-state index < -0.39 is 0 Å². The van der Waals surface area contributed by atoms with E-state index in [4.69, 9.17) is 9.47 Å². The predicted octanol–water partition coefficient (Wildman–Crippen LogP) is 7.32. The van der Waals surface area contributed by atoms with E-state index in [2.05, 4.69) is 17.6 Å². The van der Waals surface area contributed by atoms with Gasteiger partial charge < -0.3 is 20.1 Å². The fourth-order valence-electron chi connectivity index (χ4n) is 6.62. The van der Waals surface area contributed by atoms with Gasteiger partial charge in [0.25, 0.3) is 0 Å². The van der Waals surface area contributed by atoms with Crippen LogP contribution in [0.25, 0.3) is 0 Å². The van der Waals surface area contributed by atoms with Gasteiger partial charge in [-0.1, -0.05) is 84.0 Å². The summed E-state index contributed by atoms with van der Waals surface area (Å²) in [7, 11) is 3.41.